The number of benzene rings is 2. The number of quaternary nitrogens is 1. The van der Waals surface area contributed by atoms with Gasteiger partial charge in [-0.05, 0) is 36.1 Å². The highest BCUT2D eigenvalue weighted by atomic mass is 16.7. The maximum Gasteiger partial charge on any atom is 0.327 e. The molecule has 0 atom stereocenters. The Bertz CT molecular complexity index is 916. The van der Waals surface area contributed by atoms with Crippen molar-refractivity contribution in [3.8, 4) is 0 Å². The second-order valence-electron chi connectivity index (χ2n) is 7.40. The molecule has 1 aliphatic heterocycles. The number of carbonyl (C=O) groups is 2. The molecule has 0 bridgehead atoms. The molecular weight excluding hydrogens is 380 g/mol. The van der Waals surface area contributed by atoms with E-state index in [-0.39, 0.29) is 18.5 Å². The Labute approximate surface area is 166 Å². The third kappa shape index (κ3) is 4.25. The van der Waals surface area contributed by atoms with E-state index in [1.165, 1.54) is 38.1 Å². The van der Waals surface area contributed by atoms with Crippen LogP contribution in [0.2, 0.25) is 0 Å². The Hall–Kier alpha value is -3.30. The van der Waals surface area contributed by atoms with Crippen molar-refractivity contribution in [1.29, 1.82) is 0 Å². The number of nitro groups is 1. The monoisotopic (exact) mass is 400 g/mol. The predicted octanol–water partition coefficient (Wildman–Crippen LogP) is 1.90. The molecule has 9 nitrogen and oxygen atoms in total. The minimum absolute atomic E-state index is 0.00310. The maximum absolute atomic E-state index is 13.0. The summed E-state index contributed by atoms with van der Waals surface area (Å²) in [5, 5.41) is 21.7. The molecule has 0 unspecified atom stereocenters. The fourth-order valence-electron chi connectivity index (χ4n) is 3.24. The van der Waals surface area contributed by atoms with Crippen molar-refractivity contribution in [1.82, 2.24) is 0 Å². The van der Waals surface area contributed by atoms with E-state index in [1.807, 2.05) is 0 Å². The van der Waals surface area contributed by atoms with Crippen LogP contribution in [0.1, 0.15) is 25.0 Å². The van der Waals surface area contributed by atoms with Gasteiger partial charge in [-0.3, -0.25) is 19.7 Å². The van der Waals surface area contributed by atoms with E-state index < -0.39 is 28.1 Å². The molecule has 0 aromatic heterocycles. The van der Waals surface area contributed by atoms with Crippen LogP contribution in [-0.4, -0.2) is 22.6 Å². The first-order valence-corrected chi connectivity index (χ1v) is 8.89. The fraction of sp³-hybridized carbons (Fsp3) is 0.300. The Morgan fingerprint density at radius 1 is 0.897 bits per heavy atom. The van der Waals surface area contributed by atoms with Crippen LogP contribution in [0.25, 0.3) is 0 Å². The van der Waals surface area contributed by atoms with Gasteiger partial charge in [-0.15, -0.1) is 0 Å². The summed E-state index contributed by atoms with van der Waals surface area (Å²) in [5.74, 6) is -2.83. The summed E-state index contributed by atoms with van der Waals surface area (Å²) in [6.07, 6.45) is -0.0506. The molecule has 29 heavy (non-hydrogen) atoms. The number of rotatable bonds is 6. The van der Waals surface area contributed by atoms with Crippen LogP contribution in [0.5, 0.6) is 0 Å². The van der Waals surface area contributed by atoms with Crippen LogP contribution in [0.15, 0.2) is 48.5 Å². The zero-order valence-electron chi connectivity index (χ0n) is 15.9. The molecule has 1 saturated heterocycles. The second-order valence-corrected chi connectivity index (χ2v) is 7.40. The number of carbonyl (C=O) groups excluding carboxylic acids is 2. The van der Waals surface area contributed by atoms with Crippen molar-refractivity contribution in [3.05, 3.63) is 75.0 Å². The molecule has 2 N–H and O–H groups in total. The van der Waals surface area contributed by atoms with Crippen LogP contribution < -0.4 is 5.48 Å². The Morgan fingerprint density at radius 3 is 1.76 bits per heavy atom. The average Bonchev–Trinajstić information content (AvgIpc) is 2.66. The Kier molecular flexibility index (Phi) is 5.36. The number of nitrogens with zero attached hydrogens (tertiary/aromatic N) is 1. The normalized spacial score (nSPS) is 17.3. The van der Waals surface area contributed by atoms with Crippen molar-refractivity contribution >= 4 is 23.3 Å². The van der Waals surface area contributed by atoms with Gasteiger partial charge in [0.1, 0.15) is 5.69 Å². The minimum Gasteiger partial charge on any atom is -0.630 e. The molecule has 0 aliphatic carbocycles. The van der Waals surface area contributed by atoms with Gasteiger partial charge in [0.05, 0.1) is 4.92 Å². The van der Waals surface area contributed by atoms with E-state index in [9.17, 15) is 24.9 Å². The first-order chi connectivity index (χ1) is 13.6. The van der Waals surface area contributed by atoms with E-state index in [4.69, 9.17) is 9.47 Å². The summed E-state index contributed by atoms with van der Waals surface area (Å²) in [6, 6.07) is 12.1. The lowest BCUT2D eigenvalue weighted by molar-refractivity contribution is -0.497. The van der Waals surface area contributed by atoms with Gasteiger partial charge in [-0.2, -0.15) is 0 Å². The van der Waals surface area contributed by atoms with Gasteiger partial charge < -0.3 is 20.2 Å². The van der Waals surface area contributed by atoms with Gasteiger partial charge >= 0.3 is 11.9 Å². The second kappa shape index (κ2) is 7.61. The first kappa shape index (κ1) is 20.4. The molecule has 2 aromatic carbocycles. The standard InChI is InChI=1S/C20H20N2O7/c1-19(2)28-17(23)20(18(24)29-19,11-13-3-7-15(21-25)8-4-13)12-14-5-9-16(10-6-14)22(26)27/h3-10H,11-12,21H2,1-2H3. The van der Waals surface area contributed by atoms with Crippen molar-refractivity contribution in [2.45, 2.75) is 32.5 Å². The number of ether oxygens (including phenoxy) is 2. The quantitative estimate of drug-likeness (QED) is 0.257. The van der Waals surface area contributed by atoms with Crippen molar-refractivity contribution in [2.75, 3.05) is 0 Å². The first-order valence-electron chi connectivity index (χ1n) is 8.89. The summed E-state index contributed by atoms with van der Waals surface area (Å²) in [4.78, 5) is 36.3. The molecule has 3 rings (SSSR count). The lowest BCUT2D eigenvalue weighted by Gasteiger charge is -2.40. The molecule has 0 saturated carbocycles. The number of non-ortho nitro benzene ring substituents is 1. The number of cyclic esters (lactones) is 2. The number of hydrogen-bond acceptors (Lipinski definition) is 7. The number of esters is 2. The smallest absolute Gasteiger partial charge is 0.327 e. The van der Waals surface area contributed by atoms with Gasteiger partial charge in [-0.25, -0.2) is 0 Å². The number of nitro benzene ring substituents is 1. The van der Waals surface area contributed by atoms with E-state index >= 15 is 0 Å². The molecule has 1 heterocycles. The molecule has 1 fully saturated rings. The van der Waals surface area contributed by atoms with Gasteiger partial charge in [-0.1, -0.05) is 24.3 Å². The zero-order valence-corrected chi connectivity index (χ0v) is 15.9. The summed E-state index contributed by atoms with van der Waals surface area (Å²) < 4.78 is 10.7. The number of nitrogens with two attached hydrogens (primary N) is 1. The molecule has 0 radical (unpaired) electrons. The number of hydrogen-bond donors (Lipinski definition) is 1. The highest BCUT2D eigenvalue weighted by Crippen LogP contribution is 2.38. The lowest BCUT2D eigenvalue weighted by Crippen LogP contribution is -2.70. The van der Waals surface area contributed by atoms with Crippen LogP contribution in [0.4, 0.5) is 11.4 Å². The van der Waals surface area contributed by atoms with E-state index in [2.05, 4.69) is 0 Å². The highest BCUT2D eigenvalue weighted by Gasteiger charge is 2.56. The van der Waals surface area contributed by atoms with Crippen LogP contribution >= 0.6 is 0 Å². The lowest BCUT2D eigenvalue weighted by atomic mass is 9.75. The van der Waals surface area contributed by atoms with Crippen LogP contribution in [-0.2, 0) is 31.9 Å². The van der Waals surface area contributed by atoms with Crippen molar-refractivity contribution in [2.24, 2.45) is 5.41 Å². The van der Waals surface area contributed by atoms with Crippen LogP contribution in [0, 0.1) is 20.7 Å². The van der Waals surface area contributed by atoms with Gasteiger partial charge in [0, 0.05) is 26.0 Å². The largest absolute Gasteiger partial charge is 0.630 e. The maximum atomic E-state index is 13.0. The van der Waals surface area contributed by atoms with Crippen molar-refractivity contribution in [3.63, 3.8) is 0 Å². The van der Waals surface area contributed by atoms with E-state index in [0.29, 0.717) is 22.3 Å². The third-order valence-corrected chi connectivity index (χ3v) is 4.73. The molecule has 1 aliphatic rings. The van der Waals surface area contributed by atoms with E-state index in [1.54, 1.807) is 24.3 Å². The third-order valence-electron chi connectivity index (χ3n) is 4.73. The molecule has 2 aromatic rings. The molecular formula is C20H20N2O7. The SMILES string of the molecule is CC1(C)OC(=O)C(Cc2ccc([NH2+][O-])cc2)(Cc2ccc([N+](=O)[O-])cc2)C(=O)O1. The summed E-state index contributed by atoms with van der Waals surface area (Å²) >= 11 is 0. The fourth-order valence-corrected chi connectivity index (χ4v) is 3.24. The van der Waals surface area contributed by atoms with Crippen molar-refractivity contribution < 1.29 is 29.5 Å². The van der Waals surface area contributed by atoms with Crippen LogP contribution in [0.3, 0.4) is 0 Å². The summed E-state index contributed by atoms with van der Waals surface area (Å²) in [6.45, 7) is 2.94. The molecule has 152 valence electrons. The minimum atomic E-state index is -1.64. The predicted molar refractivity (Wildman–Crippen MR) is 101 cm³/mol. The van der Waals surface area contributed by atoms with Gasteiger partial charge in [0.25, 0.3) is 11.5 Å². The summed E-state index contributed by atoms with van der Waals surface area (Å²) in [5.41, 5.74) is 0.617. The zero-order chi connectivity index (χ0) is 21.2. The topological polar surface area (TPSA) is 135 Å². The molecule has 9 heteroatoms. The van der Waals surface area contributed by atoms with Gasteiger partial charge in [0.15, 0.2) is 5.41 Å². The molecule has 0 amide bonds. The average molecular weight is 400 g/mol. The Balaban J connectivity index is 1.97. The highest BCUT2D eigenvalue weighted by molar-refractivity contribution is 6.02. The molecule has 0 spiro atoms. The summed E-state index contributed by atoms with van der Waals surface area (Å²) in [7, 11) is 0. The Morgan fingerprint density at radius 2 is 1.34 bits per heavy atom. The van der Waals surface area contributed by atoms with Gasteiger partial charge in [0.2, 0.25) is 0 Å². The van der Waals surface area contributed by atoms with E-state index in [0.717, 1.165) is 0 Å².